The number of benzene rings is 2. The molecule has 3 heterocycles. The van der Waals surface area contributed by atoms with Crippen LogP contribution in [-0.2, 0) is 29.2 Å². The molecule has 2 aromatic carbocycles. The van der Waals surface area contributed by atoms with E-state index in [1.54, 1.807) is 12.1 Å². The molecule has 0 aliphatic carbocycles. The van der Waals surface area contributed by atoms with Crippen LogP contribution in [0.3, 0.4) is 0 Å². The molecule has 1 saturated heterocycles. The summed E-state index contributed by atoms with van der Waals surface area (Å²) in [4.78, 5) is 25.9. The Morgan fingerprint density at radius 3 is 2.68 bits per heavy atom. The molecule has 1 fully saturated rings. The topological polar surface area (TPSA) is 79.7 Å². The molecule has 2 amide bonds. The van der Waals surface area contributed by atoms with Gasteiger partial charge in [0.2, 0.25) is 6.41 Å². The maximum atomic E-state index is 15.0. The summed E-state index contributed by atoms with van der Waals surface area (Å²) in [7, 11) is 0. The van der Waals surface area contributed by atoms with Crippen molar-refractivity contribution in [3.63, 3.8) is 0 Å². The minimum Gasteiger partial charge on any atom is -0.442 e. The maximum Gasteiger partial charge on any atom is 0.414 e. The summed E-state index contributed by atoms with van der Waals surface area (Å²) < 4.78 is 22.1. The first-order chi connectivity index (χ1) is 16.6. The van der Waals surface area contributed by atoms with Gasteiger partial charge in [0.25, 0.3) is 0 Å². The number of carbonyl (C=O) groups excluding carboxylic acids is 2. The number of anilines is 2. The van der Waals surface area contributed by atoms with Crippen LogP contribution < -0.4 is 15.1 Å². The highest BCUT2D eigenvalue weighted by Crippen LogP contribution is 2.32. The molecule has 178 valence electrons. The van der Waals surface area contributed by atoms with Crippen LogP contribution in [0.4, 0.5) is 20.6 Å². The Morgan fingerprint density at radius 2 is 1.97 bits per heavy atom. The third-order valence-electron chi connectivity index (χ3n) is 5.70. The average Bonchev–Trinajstić information content (AvgIpc) is 3.52. The van der Waals surface area contributed by atoms with Crippen molar-refractivity contribution < 1.29 is 18.7 Å². The fraction of sp³-hybridized carbons (Fsp3) is 0.320. The van der Waals surface area contributed by atoms with Crippen LogP contribution in [0.25, 0.3) is 0 Å². The van der Waals surface area contributed by atoms with E-state index in [1.165, 1.54) is 16.5 Å². The van der Waals surface area contributed by atoms with Gasteiger partial charge in [-0.25, -0.2) is 9.18 Å². The van der Waals surface area contributed by atoms with Crippen LogP contribution in [-0.4, -0.2) is 41.5 Å². The molecule has 1 unspecified atom stereocenters. The van der Waals surface area contributed by atoms with E-state index in [2.05, 4.69) is 22.5 Å². The van der Waals surface area contributed by atoms with Crippen LogP contribution in [0.2, 0.25) is 0 Å². The van der Waals surface area contributed by atoms with E-state index in [0.717, 1.165) is 11.3 Å². The molecule has 1 N–H and O–H groups in total. The number of nitrogens with zero attached hydrogens (tertiary/aromatic N) is 4. The van der Waals surface area contributed by atoms with Gasteiger partial charge in [-0.05, 0) is 23.8 Å². The number of amides is 2. The van der Waals surface area contributed by atoms with Gasteiger partial charge in [0, 0.05) is 18.3 Å². The third-order valence-corrected chi connectivity index (χ3v) is 5.70. The average molecular weight is 466 g/mol. The monoisotopic (exact) mass is 465 g/mol. The van der Waals surface area contributed by atoms with Gasteiger partial charge in [0.15, 0.2) is 0 Å². The van der Waals surface area contributed by atoms with Gasteiger partial charge in [-0.3, -0.25) is 14.4 Å². The molecule has 0 radical (unpaired) electrons. The summed E-state index contributed by atoms with van der Waals surface area (Å²) in [6.45, 7) is 6.28. The van der Waals surface area contributed by atoms with Crippen molar-refractivity contribution in [3.05, 3.63) is 77.4 Å². The first-order valence-electron chi connectivity index (χ1n) is 11.4. The quantitative estimate of drug-likeness (QED) is 0.539. The first-order valence-corrected chi connectivity index (χ1v) is 11.4. The first kappa shape index (κ1) is 23.3. The van der Waals surface area contributed by atoms with Crippen LogP contribution in [0, 0.1) is 5.82 Å². The van der Waals surface area contributed by atoms with Crippen LogP contribution in [0.5, 0.6) is 0 Å². The lowest BCUT2D eigenvalue weighted by Gasteiger charge is -2.21. The lowest BCUT2D eigenvalue weighted by atomic mass is 10.2. The minimum absolute atomic E-state index is 0.221. The van der Waals surface area contributed by atoms with Gasteiger partial charge in [0.05, 0.1) is 43.2 Å². The Kier molecular flexibility index (Phi) is 7.10. The van der Waals surface area contributed by atoms with Crippen molar-refractivity contribution in [1.82, 2.24) is 15.1 Å². The van der Waals surface area contributed by atoms with E-state index >= 15 is 0 Å². The standard InChI is InChI=1S/C23H22FN5O3.C2H6/c24-20-8-18(29-13-19(9-25-15-30)32-23(29)31)6-7-22(20)27-11-17-12-28(26-21(17)14-27)10-16-4-2-1-3-5-16;1-2/h1-8,12,15,19H,9-11,13-14H2,(H,25,30);1-2H3. The SMILES string of the molecule is CC.O=CNCC1CN(c2ccc(N3Cc4cn(Cc5ccccc5)nc4C3)c(F)c2)C(=O)O1. The largest absolute Gasteiger partial charge is 0.442 e. The Hall–Kier alpha value is -3.88. The zero-order chi connectivity index (χ0) is 24.1. The minimum atomic E-state index is -0.552. The molecule has 8 nitrogen and oxygen atoms in total. The second kappa shape index (κ2) is 10.4. The normalized spacial score (nSPS) is 16.6. The molecule has 0 bridgehead atoms. The molecule has 0 saturated carbocycles. The van der Waals surface area contributed by atoms with Gasteiger partial charge >= 0.3 is 6.09 Å². The van der Waals surface area contributed by atoms with Gasteiger partial charge in [-0.15, -0.1) is 0 Å². The number of hydrogen-bond acceptors (Lipinski definition) is 5. The number of ether oxygens (including phenoxy) is 1. The molecule has 0 spiro atoms. The highest BCUT2D eigenvalue weighted by Gasteiger charge is 2.33. The Bertz CT molecular complexity index is 1130. The second-order valence-electron chi connectivity index (χ2n) is 7.92. The second-order valence-corrected chi connectivity index (χ2v) is 7.92. The summed E-state index contributed by atoms with van der Waals surface area (Å²) in [6, 6.07) is 14.9. The molecular formula is C25H28FN5O3. The van der Waals surface area contributed by atoms with Gasteiger partial charge < -0.3 is 15.0 Å². The predicted molar refractivity (Wildman–Crippen MR) is 127 cm³/mol. The van der Waals surface area contributed by atoms with Crippen LogP contribution in [0.1, 0.15) is 30.7 Å². The fourth-order valence-electron chi connectivity index (χ4n) is 4.17. The van der Waals surface area contributed by atoms with Crippen molar-refractivity contribution >= 4 is 23.9 Å². The Morgan fingerprint density at radius 1 is 1.18 bits per heavy atom. The Labute approximate surface area is 197 Å². The Balaban J connectivity index is 0.00000133. The van der Waals surface area contributed by atoms with Gasteiger partial charge in [-0.2, -0.15) is 5.10 Å². The molecule has 9 heteroatoms. The lowest BCUT2D eigenvalue weighted by Crippen LogP contribution is -2.30. The van der Waals surface area contributed by atoms with E-state index in [9.17, 15) is 14.0 Å². The van der Waals surface area contributed by atoms with Crippen LogP contribution in [0.15, 0.2) is 54.7 Å². The number of carbonyl (C=O) groups is 2. The molecule has 1 atom stereocenters. The predicted octanol–water partition coefficient (Wildman–Crippen LogP) is 3.69. The highest BCUT2D eigenvalue weighted by molar-refractivity contribution is 5.90. The molecule has 2 aliphatic heterocycles. The maximum absolute atomic E-state index is 15.0. The third kappa shape index (κ3) is 4.88. The van der Waals surface area contributed by atoms with Crippen molar-refractivity contribution in [1.29, 1.82) is 0 Å². The van der Waals surface area contributed by atoms with Crippen molar-refractivity contribution in [2.75, 3.05) is 22.9 Å². The molecule has 1 aromatic heterocycles. The summed E-state index contributed by atoms with van der Waals surface area (Å²) in [5.41, 5.74) is 4.09. The molecule has 2 aliphatic rings. The molecular weight excluding hydrogens is 437 g/mol. The summed E-state index contributed by atoms with van der Waals surface area (Å²) in [6.07, 6.45) is 1.56. The highest BCUT2D eigenvalue weighted by atomic mass is 19.1. The van der Waals surface area contributed by atoms with Crippen molar-refractivity contribution in [2.24, 2.45) is 0 Å². The summed E-state index contributed by atoms with van der Waals surface area (Å²) in [5.74, 6) is -0.410. The van der Waals surface area contributed by atoms with E-state index < -0.39 is 18.0 Å². The molecule has 34 heavy (non-hydrogen) atoms. The summed E-state index contributed by atoms with van der Waals surface area (Å²) >= 11 is 0. The fourth-order valence-corrected chi connectivity index (χ4v) is 4.17. The number of fused-ring (bicyclic) bond motifs is 1. The zero-order valence-corrected chi connectivity index (χ0v) is 19.3. The van der Waals surface area contributed by atoms with E-state index in [0.29, 0.717) is 37.4 Å². The number of cyclic esters (lactones) is 1. The summed E-state index contributed by atoms with van der Waals surface area (Å²) in [5, 5.41) is 7.16. The zero-order valence-electron chi connectivity index (χ0n) is 19.3. The number of aromatic nitrogens is 2. The van der Waals surface area contributed by atoms with Crippen molar-refractivity contribution in [3.8, 4) is 0 Å². The van der Waals surface area contributed by atoms with E-state index in [-0.39, 0.29) is 13.1 Å². The van der Waals surface area contributed by atoms with E-state index in [1.807, 2.05) is 47.8 Å². The van der Waals surface area contributed by atoms with Gasteiger partial charge in [0.1, 0.15) is 11.9 Å². The molecule has 3 aromatic rings. The smallest absolute Gasteiger partial charge is 0.414 e. The lowest BCUT2D eigenvalue weighted by molar-refractivity contribution is -0.109. The van der Waals surface area contributed by atoms with E-state index in [4.69, 9.17) is 4.74 Å². The van der Waals surface area contributed by atoms with Gasteiger partial charge in [-0.1, -0.05) is 44.2 Å². The van der Waals surface area contributed by atoms with Crippen LogP contribution >= 0.6 is 0 Å². The number of rotatable bonds is 7. The van der Waals surface area contributed by atoms with Crippen molar-refractivity contribution in [2.45, 2.75) is 39.6 Å². The number of hydrogen-bond donors (Lipinski definition) is 1. The number of halogens is 1. The number of nitrogens with one attached hydrogen (secondary N) is 1. The molecule has 5 rings (SSSR count).